The predicted octanol–water partition coefficient (Wildman–Crippen LogP) is 1.32. The molecule has 0 aromatic heterocycles. The van der Waals surface area contributed by atoms with Gasteiger partial charge in [-0.2, -0.15) is 0 Å². The van der Waals surface area contributed by atoms with Crippen LogP contribution < -0.4 is 0 Å². The molecule has 0 radical (unpaired) electrons. The number of fused-ring (bicyclic) bond motifs is 1. The molecule has 1 fully saturated rings. The fraction of sp³-hybridized carbons (Fsp3) is 0.455. The van der Waals surface area contributed by atoms with E-state index in [-0.39, 0.29) is 29.7 Å². The number of carbonyl (C=O) groups excluding carboxylic acids is 4. The van der Waals surface area contributed by atoms with Gasteiger partial charge in [-0.25, -0.2) is 14.4 Å². The molecule has 1 heterocycles. The van der Waals surface area contributed by atoms with Gasteiger partial charge in [-0.1, -0.05) is 19.2 Å². The Hall–Kier alpha value is -3.20. The molecular weight excluding hydrogens is 408 g/mol. The maximum atomic E-state index is 12.6. The lowest BCUT2D eigenvalue weighted by Crippen LogP contribution is -2.46. The quantitative estimate of drug-likeness (QED) is 0.295. The molecule has 0 spiro atoms. The number of rotatable bonds is 5. The molecule has 1 aliphatic carbocycles. The van der Waals surface area contributed by atoms with E-state index in [2.05, 4.69) is 13.2 Å². The topological polar surface area (TPSA) is 125 Å². The zero-order valence-corrected chi connectivity index (χ0v) is 17.7. The summed E-state index contributed by atoms with van der Waals surface area (Å²) in [4.78, 5) is 49.2. The van der Waals surface area contributed by atoms with Gasteiger partial charge >= 0.3 is 23.9 Å². The first-order chi connectivity index (χ1) is 14.6. The van der Waals surface area contributed by atoms with Crippen molar-refractivity contribution in [2.75, 3.05) is 13.7 Å². The van der Waals surface area contributed by atoms with E-state index in [9.17, 15) is 24.3 Å². The highest BCUT2D eigenvalue weighted by Gasteiger charge is 2.50. The van der Waals surface area contributed by atoms with Crippen LogP contribution in [0.5, 0.6) is 0 Å². The average Bonchev–Trinajstić information content (AvgIpc) is 2.99. The summed E-state index contributed by atoms with van der Waals surface area (Å²) in [6.45, 7) is 9.54. The van der Waals surface area contributed by atoms with Crippen molar-refractivity contribution in [3.05, 3.63) is 47.6 Å². The number of methoxy groups -OCH3 is 1. The van der Waals surface area contributed by atoms with Gasteiger partial charge in [0.25, 0.3) is 0 Å². The van der Waals surface area contributed by atoms with Crippen LogP contribution in [-0.2, 0) is 38.1 Å². The van der Waals surface area contributed by atoms with Gasteiger partial charge in [0.1, 0.15) is 6.10 Å². The fourth-order valence-corrected chi connectivity index (χ4v) is 3.46. The number of allylic oxidation sites excluding steroid dienone is 1. The van der Waals surface area contributed by atoms with Crippen molar-refractivity contribution in [2.24, 2.45) is 5.92 Å². The Morgan fingerprint density at radius 1 is 1.26 bits per heavy atom. The highest BCUT2D eigenvalue weighted by molar-refractivity contribution is 5.93. The first-order valence-corrected chi connectivity index (χ1v) is 9.63. The average molecular weight is 434 g/mol. The van der Waals surface area contributed by atoms with Gasteiger partial charge in [0.15, 0.2) is 12.2 Å². The van der Waals surface area contributed by atoms with Crippen LogP contribution in [0.25, 0.3) is 0 Å². The van der Waals surface area contributed by atoms with Crippen LogP contribution >= 0.6 is 0 Å². The minimum absolute atomic E-state index is 0.0278. The van der Waals surface area contributed by atoms with Crippen molar-refractivity contribution in [3.63, 3.8) is 0 Å². The zero-order chi connectivity index (χ0) is 23.3. The van der Waals surface area contributed by atoms with E-state index >= 15 is 0 Å². The van der Waals surface area contributed by atoms with Crippen LogP contribution in [0.2, 0.25) is 0 Å². The molecule has 2 aliphatic rings. The van der Waals surface area contributed by atoms with Crippen molar-refractivity contribution in [3.8, 4) is 0 Å². The number of ether oxygens (including phenoxy) is 4. The second kappa shape index (κ2) is 10.2. The van der Waals surface area contributed by atoms with Crippen molar-refractivity contribution in [2.45, 2.75) is 45.0 Å². The van der Waals surface area contributed by atoms with Crippen LogP contribution in [0.4, 0.5) is 0 Å². The monoisotopic (exact) mass is 434 g/mol. The Kier molecular flexibility index (Phi) is 7.93. The number of esters is 4. The summed E-state index contributed by atoms with van der Waals surface area (Å²) in [7, 11) is 1.16. The largest absolute Gasteiger partial charge is 0.466 e. The minimum atomic E-state index is -1.39. The Bertz CT molecular complexity index is 864. The smallest absolute Gasteiger partial charge is 0.337 e. The minimum Gasteiger partial charge on any atom is -0.466 e. The van der Waals surface area contributed by atoms with Crippen LogP contribution in [0.1, 0.15) is 26.7 Å². The van der Waals surface area contributed by atoms with Crippen molar-refractivity contribution in [1.82, 2.24) is 0 Å². The second-order valence-electron chi connectivity index (χ2n) is 7.27. The molecular formula is C22H26O9. The van der Waals surface area contributed by atoms with Gasteiger partial charge < -0.3 is 24.1 Å². The summed E-state index contributed by atoms with van der Waals surface area (Å²) in [6, 6.07) is 0. The number of aliphatic hydroxyl groups excluding tert-OH is 1. The van der Waals surface area contributed by atoms with Gasteiger partial charge in [0.05, 0.1) is 25.2 Å². The SMILES string of the molecule is C=C(C)C(=O)OC1C(OC(C)=O)C(C(=O)OC)=CCCC(CO)=CC2OC(=O)C(=C)C21. The van der Waals surface area contributed by atoms with Crippen molar-refractivity contribution < 1.29 is 43.2 Å². The van der Waals surface area contributed by atoms with Crippen LogP contribution in [0, 0.1) is 5.92 Å². The maximum Gasteiger partial charge on any atom is 0.337 e. The Morgan fingerprint density at radius 3 is 2.48 bits per heavy atom. The molecule has 9 nitrogen and oxygen atoms in total. The van der Waals surface area contributed by atoms with Gasteiger partial charge in [-0.05, 0) is 31.4 Å². The summed E-state index contributed by atoms with van der Waals surface area (Å²) in [6.07, 6.45) is -0.0297. The van der Waals surface area contributed by atoms with E-state index in [0.717, 1.165) is 14.0 Å². The van der Waals surface area contributed by atoms with E-state index in [0.29, 0.717) is 12.0 Å². The molecule has 2 rings (SSSR count). The molecule has 0 bridgehead atoms. The van der Waals surface area contributed by atoms with Crippen LogP contribution in [0.3, 0.4) is 0 Å². The van der Waals surface area contributed by atoms with Crippen LogP contribution in [-0.4, -0.2) is 61.0 Å². The predicted molar refractivity (Wildman–Crippen MR) is 107 cm³/mol. The van der Waals surface area contributed by atoms with Gasteiger partial charge in [-0.15, -0.1) is 0 Å². The van der Waals surface area contributed by atoms with E-state index in [1.807, 2.05) is 0 Å². The third-order valence-corrected chi connectivity index (χ3v) is 4.96. The molecule has 1 saturated heterocycles. The molecule has 1 aliphatic heterocycles. The Balaban J connectivity index is 2.72. The molecule has 31 heavy (non-hydrogen) atoms. The number of hydrogen-bond acceptors (Lipinski definition) is 9. The Morgan fingerprint density at radius 2 is 1.94 bits per heavy atom. The number of aliphatic hydroxyl groups is 1. The lowest BCUT2D eigenvalue weighted by Gasteiger charge is -2.33. The second-order valence-corrected chi connectivity index (χ2v) is 7.27. The molecule has 0 amide bonds. The summed E-state index contributed by atoms with van der Waals surface area (Å²) < 4.78 is 21.2. The summed E-state index contributed by atoms with van der Waals surface area (Å²) >= 11 is 0. The molecule has 4 atom stereocenters. The van der Waals surface area contributed by atoms with Gasteiger partial charge in [-0.3, -0.25) is 4.79 Å². The lowest BCUT2D eigenvalue weighted by molar-refractivity contribution is -0.167. The molecule has 4 unspecified atom stereocenters. The number of carbonyl (C=O) groups is 4. The Labute approximate surface area is 180 Å². The lowest BCUT2D eigenvalue weighted by atomic mass is 9.83. The molecule has 168 valence electrons. The normalized spacial score (nSPS) is 25.9. The van der Waals surface area contributed by atoms with Crippen LogP contribution in [0.15, 0.2) is 47.6 Å². The van der Waals surface area contributed by atoms with Gasteiger partial charge in [0.2, 0.25) is 0 Å². The van der Waals surface area contributed by atoms with E-state index < -0.39 is 48.1 Å². The first kappa shape index (κ1) is 24.1. The maximum absolute atomic E-state index is 12.6. The molecule has 9 heteroatoms. The zero-order valence-electron chi connectivity index (χ0n) is 17.7. The molecule has 1 N–H and O–H groups in total. The van der Waals surface area contributed by atoms with Gasteiger partial charge in [0, 0.05) is 18.1 Å². The van der Waals surface area contributed by atoms with Crippen molar-refractivity contribution >= 4 is 23.9 Å². The summed E-state index contributed by atoms with van der Waals surface area (Å²) in [5, 5.41) is 9.69. The van der Waals surface area contributed by atoms with E-state index in [4.69, 9.17) is 18.9 Å². The molecule has 0 aromatic carbocycles. The highest BCUT2D eigenvalue weighted by atomic mass is 16.6. The first-order valence-electron chi connectivity index (χ1n) is 9.63. The van der Waals surface area contributed by atoms with Crippen molar-refractivity contribution in [1.29, 1.82) is 0 Å². The number of hydrogen-bond donors (Lipinski definition) is 1. The fourth-order valence-electron chi connectivity index (χ4n) is 3.46. The summed E-state index contributed by atoms with van der Waals surface area (Å²) in [5.74, 6) is -4.09. The van der Waals surface area contributed by atoms with E-state index in [1.165, 1.54) is 13.0 Å². The third kappa shape index (κ3) is 5.49. The summed E-state index contributed by atoms with van der Waals surface area (Å²) in [5.41, 5.74) is 0.512. The highest BCUT2D eigenvalue weighted by Crippen LogP contribution is 2.38. The van der Waals surface area contributed by atoms with E-state index in [1.54, 1.807) is 6.08 Å². The third-order valence-electron chi connectivity index (χ3n) is 4.96. The molecule has 0 saturated carbocycles. The molecule has 0 aromatic rings. The standard InChI is InChI=1S/C22H26O9/c1-11(2)20(25)31-19-17-12(3)21(26)30-16(17)9-14(10-23)7-6-8-15(22(27)28-5)18(19)29-13(4)24/h8-9,16-19,23H,1,3,6-7,10H2,2,4-5H3.